The summed E-state index contributed by atoms with van der Waals surface area (Å²) in [6.07, 6.45) is 0.912. The van der Waals surface area contributed by atoms with Crippen LogP contribution in [0, 0.1) is 5.92 Å². The zero-order valence-electron chi connectivity index (χ0n) is 11.2. The Morgan fingerprint density at radius 1 is 1.44 bits per heavy atom. The number of benzene rings is 1. The minimum absolute atomic E-state index is 0.0000954. The van der Waals surface area contributed by atoms with Crippen molar-refractivity contribution in [2.45, 2.75) is 32.9 Å². The van der Waals surface area contributed by atoms with Gasteiger partial charge in [-0.2, -0.15) is 0 Å². The molecule has 100 valence electrons. The fraction of sp³-hybridized carbons (Fsp3) is 0.500. The van der Waals surface area contributed by atoms with Gasteiger partial charge in [-0.1, -0.05) is 54.4 Å². The van der Waals surface area contributed by atoms with Crippen LogP contribution in [0.2, 0.25) is 0 Å². The molecule has 1 rings (SSSR count). The number of halogens is 1. The van der Waals surface area contributed by atoms with Crippen LogP contribution in [0.1, 0.15) is 25.8 Å². The van der Waals surface area contributed by atoms with Crippen LogP contribution in [0.5, 0.6) is 0 Å². The van der Waals surface area contributed by atoms with E-state index < -0.39 is 6.04 Å². The number of amides is 1. The number of rotatable bonds is 5. The lowest BCUT2D eigenvalue weighted by atomic mass is 9.99. The van der Waals surface area contributed by atoms with Crippen LogP contribution in [0.4, 0.5) is 0 Å². The third-order valence-electron chi connectivity index (χ3n) is 3.28. The molecule has 0 saturated carbocycles. The molecule has 1 aromatic rings. The molecule has 0 aliphatic rings. The van der Waals surface area contributed by atoms with Gasteiger partial charge in [0.25, 0.3) is 0 Å². The molecular formula is C14H21BrN2O. The third kappa shape index (κ3) is 3.82. The number of likely N-dealkylation sites (N-methyl/N-ethyl adjacent to an activating group) is 1. The maximum absolute atomic E-state index is 12.1. The van der Waals surface area contributed by atoms with E-state index in [1.165, 1.54) is 0 Å². The van der Waals surface area contributed by atoms with E-state index in [2.05, 4.69) is 15.9 Å². The van der Waals surface area contributed by atoms with Crippen molar-refractivity contribution < 1.29 is 4.79 Å². The molecule has 0 aliphatic heterocycles. The van der Waals surface area contributed by atoms with Gasteiger partial charge in [0.15, 0.2) is 0 Å². The molecule has 0 aliphatic carbocycles. The van der Waals surface area contributed by atoms with Crippen molar-refractivity contribution in [3.8, 4) is 0 Å². The molecule has 0 fully saturated rings. The summed E-state index contributed by atoms with van der Waals surface area (Å²) in [6.45, 7) is 4.63. The van der Waals surface area contributed by atoms with E-state index in [9.17, 15) is 4.79 Å². The minimum atomic E-state index is -0.414. The Bertz CT molecular complexity index is 409. The van der Waals surface area contributed by atoms with Crippen LogP contribution in [0.25, 0.3) is 0 Å². The summed E-state index contributed by atoms with van der Waals surface area (Å²) in [7, 11) is 1.80. The summed E-state index contributed by atoms with van der Waals surface area (Å²) in [5.41, 5.74) is 7.05. The van der Waals surface area contributed by atoms with E-state index in [0.717, 1.165) is 16.5 Å². The van der Waals surface area contributed by atoms with Crippen LogP contribution < -0.4 is 5.73 Å². The normalized spacial score (nSPS) is 14.1. The van der Waals surface area contributed by atoms with Gasteiger partial charge in [0.2, 0.25) is 5.91 Å². The van der Waals surface area contributed by atoms with Crippen LogP contribution in [-0.2, 0) is 11.3 Å². The summed E-state index contributed by atoms with van der Waals surface area (Å²) in [6, 6.07) is 7.49. The highest BCUT2D eigenvalue weighted by atomic mass is 79.9. The van der Waals surface area contributed by atoms with Crippen molar-refractivity contribution in [1.82, 2.24) is 4.90 Å². The molecule has 1 aromatic carbocycles. The van der Waals surface area contributed by atoms with E-state index in [4.69, 9.17) is 5.73 Å². The van der Waals surface area contributed by atoms with Gasteiger partial charge < -0.3 is 10.6 Å². The minimum Gasteiger partial charge on any atom is -0.340 e. The maximum atomic E-state index is 12.1. The molecule has 0 unspecified atom stereocenters. The Kier molecular flexibility index (Phi) is 5.82. The van der Waals surface area contributed by atoms with Crippen LogP contribution in [0.15, 0.2) is 28.7 Å². The summed E-state index contributed by atoms with van der Waals surface area (Å²) in [5, 5.41) is 0. The monoisotopic (exact) mass is 312 g/mol. The second-order valence-electron chi connectivity index (χ2n) is 4.70. The molecule has 4 heteroatoms. The zero-order chi connectivity index (χ0) is 13.7. The fourth-order valence-electron chi connectivity index (χ4n) is 1.71. The lowest BCUT2D eigenvalue weighted by molar-refractivity contribution is -0.132. The Morgan fingerprint density at radius 3 is 2.61 bits per heavy atom. The fourth-order valence-corrected chi connectivity index (χ4v) is 2.12. The van der Waals surface area contributed by atoms with E-state index in [-0.39, 0.29) is 11.8 Å². The van der Waals surface area contributed by atoms with Crippen molar-refractivity contribution in [2.75, 3.05) is 7.05 Å². The standard InChI is InChI=1S/C14H21BrN2O/c1-4-10(2)13(16)14(18)17(3)9-11-7-5-6-8-12(11)15/h5-8,10,13H,4,9,16H2,1-3H3/t10-,13-/m0/s1. The molecule has 18 heavy (non-hydrogen) atoms. The molecule has 0 spiro atoms. The highest BCUT2D eigenvalue weighted by Gasteiger charge is 2.22. The molecule has 2 N–H and O–H groups in total. The Balaban J connectivity index is 2.68. The van der Waals surface area contributed by atoms with Crippen molar-refractivity contribution >= 4 is 21.8 Å². The number of hydrogen-bond acceptors (Lipinski definition) is 2. The van der Waals surface area contributed by atoms with Crippen LogP contribution >= 0.6 is 15.9 Å². The Labute approximate surface area is 117 Å². The largest absolute Gasteiger partial charge is 0.340 e. The van der Waals surface area contributed by atoms with Gasteiger partial charge in [-0.15, -0.1) is 0 Å². The molecule has 2 atom stereocenters. The highest BCUT2D eigenvalue weighted by molar-refractivity contribution is 9.10. The maximum Gasteiger partial charge on any atom is 0.239 e. The number of nitrogens with zero attached hydrogens (tertiary/aromatic N) is 1. The zero-order valence-corrected chi connectivity index (χ0v) is 12.8. The van der Waals surface area contributed by atoms with Gasteiger partial charge in [-0.05, 0) is 17.5 Å². The SMILES string of the molecule is CC[C@H](C)[C@H](N)C(=O)N(C)Cc1ccccc1Br. The molecular weight excluding hydrogens is 292 g/mol. The van der Waals surface area contributed by atoms with E-state index in [1.807, 2.05) is 38.1 Å². The molecule has 0 radical (unpaired) electrons. The van der Waals surface area contributed by atoms with Gasteiger partial charge in [-0.25, -0.2) is 0 Å². The first-order valence-electron chi connectivity index (χ1n) is 6.21. The lowest BCUT2D eigenvalue weighted by Gasteiger charge is -2.25. The van der Waals surface area contributed by atoms with Gasteiger partial charge in [0.05, 0.1) is 6.04 Å². The average Bonchev–Trinajstić information content (AvgIpc) is 2.38. The predicted molar refractivity (Wildman–Crippen MR) is 78.0 cm³/mol. The molecule has 0 bridgehead atoms. The first-order chi connectivity index (χ1) is 8.47. The Morgan fingerprint density at radius 2 is 2.06 bits per heavy atom. The molecule has 3 nitrogen and oxygen atoms in total. The van der Waals surface area contributed by atoms with E-state index >= 15 is 0 Å². The summed E-state index contributed by atoms with van der Waals surface area (Å²) in [5.74, 6) is 0.208. The highest BCUT2D eigenvalue weighted by Crippen LogP contribution is 2.18. The average molecular weight is 313 g/mol. The van der Waals surface area contributed by atoms with E-state index in [1.54, 1.807) is 11.9 Å². The quantitative estimate of drug-likeness (QED) is 0.908. The predicted octanol–water partition coefficient (Wildman–Crippen LogP) is 2.78. The van der Waals surface area contributed by atoms with Crippen molar-refractivity contribution in [2.24, 2.45) is 11.7 Å². The van der Waals surface area contributed by atoms with Crippen molar-refractivity contribution in [3.05, 3.63) is 34.3 Å². The van der Waals surface area contributed by atoms with E-state index in [0.29, 0.717) is 6.54 Å². The first-order valence-corrected chi connectivity index (χ1v) is 7.00. The molecule has 1 amide bonds. The van der Waals surface area contributed by atoms with Crippen molar-refractivity contribution in [3.63, 3.8) is 0 Å². The topological polar surface area (TPSA) is 46.3 Å². The third-order valence-corrected chi connectivity index (χ3v) is 4.06. The second-order valence-corrected chi connectivity index (χ2v) is 5.55. The lowest BCUT2D eigenvalue weighted by Crippen LogP contribution is -2.45. The molecule has 0 saturated heterocycles. The number of carbonyl (C=O) groups is 1. The first kappa shape index (κ1) is 15.2. The number of carbonyl (C=O) groups excluding carboxylic acids is 1. The number of hydrogen-bond donors (Lipinski definition) is 1. The molecule has 0 heterocycles. The van der Waals surface area contributed by atoms with Crippen LogP contribution in [0.3, 0.4) is 0 Å². The van der Waals surface area contributed by atoms with Gasteiger partial charge in [0.1, 0.15) is 0 Å². The molecule has 0 aromatic heterocycles. The Hall–Kier alpha value is -0.870. The smallest absolute Gasteiger partial charge is 0.239 e. The summed E-state index contributed by atoms with van der Waals surface area (Å²) < 4.78 is 1.02. The summed E-state index contributed by atoms with van der Waals surface area (Å²) >= 11 is 3.48. The number of nitrogens with two attached hydrogens (primary N) is 1. The van der Waals surface area contributed by atoms with Crippen molar-refractivity contribution in [1.29, 1.82) is 0 Å². The van der Waals surface area contributed by atoms with Gasteiger partial charge >= 0.3 is 0 Å². The van der Waals surface area contributed by atoms with Gasteiger partial charge in [-0.3, -0.25) is 4.79 Å². The second kappa shape index (κ2) is 6.90. The van der Waals surface area contributed by atoms with Crippen LogP contribution in [-0.4, -0.2) is 23.9 Å². The van der Waals surface area contributed by atoms with Gasteiger partial charge in [0, 0.05) is 18.1 Å². The summed E-state index contributed by atoms with van der Waals surface area (Å²) in [4.78, 5) is 13.8.